The minimum Gasteiger partial charge on any atom is -0.383 e. The van der Waals surface area contributed by atoms with E-state index in [0.717, 1.165) is 0 Å². The maximum Gasteiger partial charge on any atom is 0.321 e. The Labute approximate surface area is 87.8 Å². The predicted octanol–water partition coefficient (Wildman–Crippen LogP) is -0.0285. The van der Waals surface area contributed by atoms with Gasteiger partial charge in [0.1, 0.15) is 6.33 Å². The monoisotopic (exact) mass is 213 g/mol. The molecule has 1 atom stereocenters. The maximum absolute atomic E-state index is 11.4. The quantitative estimate of drug-likeness (QED) is 0.736. The number of carbonyl (C=O) groups excluding carboxylic acids is 1. The highest BCUT2D eigenvalue weighted by molar-refractivity contribution is 5.87. The fraction of sp³-hybridized carbons (Fsp3) is 0.625. The summed E-state index contributed by atoms with van der Waals surface area (Å²) in [6, 6.07) is -0.376. The number of carbonyl (C=O) groups is 1. The van der Waals surface area contributed by atoms with Crippen LogP contribution >= 0.6 is 0 Å². The SMILES string of the molecule is COCC(C)NC(=O)Nc1ncnn1C. The van der Waals surface area contributed by atoms with E-state index in [0.29, 0.717) is 12.6 Å². The summed E-state index contributed by atoms with van der Waals surface area (Å²) in [7, 11) is 3.28. The lowest BCUT2D eigenvalue weighted by molar-refractivity contribution is 0.173. The average molecular weight is 213 g/mol. The zero-order valence-electron chi connectivity index (χ0n) is 9.02. The Kier molecular flexibility index (Phi) is 4.04. The Morgan fingerprint density at radius 3 is 3.00 bits per heavy atom. The van der Waals surface area contributed by atoms with Gasteiger partial charge in [0, 0.05) is 14.2 Å². The number of ether oxygens (including phenoxy) is 1. The minimum absolute atomic E-state index is 0.0526. The summed E-state index contributed by atoms with van der Waals surface area (Å²) in [5, 5.41) is 9.08. The molecule has 1 aromatic rings. The predicted molar refractivity (Wildman–Crippen MR) is 54.5 cm³/mol. The van der Waals surface area contributed by atoms with E-state index in [-0.39, 0.29) is 12.1 Å². The van der Waals surface area contributed by atoms with Crippen LogP contribution in [0.1, 0.15) is 6.92 Å². The smallest absolute Gasteiger partial charge is 0.321 e. The van der Waals surface area contributed by atoms with E-state index < -0.39 is 0 Å². The summed E-state index contributed by atoms with van der Waals surface area (Å²) in [5.74, 6) is 0.400. The Morgan fingerprint density at radius 1 is 1.73 bits per heavy atom. The lowest BCUT2D eigenvalue weighted by Gasteiger charge is -2.12. The molecule has 0 aliphatic heterocycles. The van der Waals surface area contributed by atoms with Crippen LogP contribution in [0.5, 0.6) is 0 Å². The van der Waals surface area contributed by atoms with Crippen LogP contribution in [0.4, 0.5) is 10.7 Å². The van der Waals surface area contributed by atoms with E-state index in [1.807, 2.05) is 6.92 Å². The number of methoxy groups -OCH3 is 1. The Balaban J connectivity index is 2.40. The third-order valence-corrected chi connectivity index (χ3v) is 1.73. The average Bonchev–Trinajstić information content (AvgIpc) is 2.52. The summed E-state index contributed by atoms with van der Waals surface area (Å²) in [5.41, 5.74) is 0. The van der Waals surface area contributed by atoms with Crippen molar-refractivity contribution in [1.29, 1.82) is 0 Å². The van der Waals surface area contributed by atoms with E-state index in [1.165, 1.54) is 11.0 Å². The minimum atomic E-state index is -0.323. The van der Waals surface area contributed by atoms with Crippen molar-refractivity contribution in [3.63, 3.8) is 0 Å². The molecule has 0 aromatic carbocycles. The summed E-state index contributed by atoms with van der Waals surface area (Å²) in [4.78, 5) is 15.2. The van der Waals surface area contributed by atoms with Gasteiger partial charge in [-0.05, 0) is 6.92 Å². The Bertz CT molecular complexity index is 325. The van der Waals surface area contributed by atoms with Crippen LogP contribution in [0.15, 0.2) is 6.33 Å². The van der Waals surface area contributed by atoms with Crippen molar-refractivity contribution in [2.75, 3.05) is 19.0 Å². The molecule has 0 aliphatic rings. The summed E-state index contributed by atoms with van der Waals surface area (Å²) >= 11 is 0. The molecule has 1 aromatic heterocycles. The van der Waals surface area contributed by atoms with Crippen molar-refractivity contribution < 1.29 is 9.53 Å². The molecule has 0 saturated heterocycles. The number of amides is 2. The Morgan fingerprint density at radius 2 is 2.47 bits per heavy atom. The third-order valence-electron chi connectivity index (χ3n) is 1.73. The van der Waals surface area contributed by atoms with Crippen molar-refractivity contribution >= 4 is 12.0 Å². The molecule has 2 amide bonds. The molecular weight excluding hydrogens is 198 g/mol. The van der Waals surface area contributed by atoms with Gasteiger partial charge in [-0.2, -0.15) is 10.1 Å². The van der Waals surface area contributed by atoms with Gasteiger partial charge in [-0.25, -0.2) is 9.48 Å². The second kappa shape index (κ2) is 5.30. The largest absolute Gasteiger partial charge is 0.383 e. The van der Waals surface area contributed by atoms with E-state index in [4.69, 9.17) is 4.74 Å². The normalized spacial score (nSPS) is 12.2. The van der Waals surface area contributed by atoms with Gasteiger partial charge in [-0.15, -0.1) is 0 Å². The van der Waals surface area contributed by atoms with E-state index >= 15 is 0 Å². The molecule has 15 heavy (non-hydrogen) atoms. The van der Waals surface area contributed by atoms with E-state index in [2.05, 4.69) is 20.7 Å². The highest BCUT2D eigenvalue weighted by Crippen LogP contribution is 1.97. The topological polar surface area (TPSA) is 81.1 Å². The number of nitrogens with zero attached hydrogens (tertiary/aromatic N) is 3. The molecular formula is C8H15N5O2. The van der Waals surface area contributed by atoms with Gasteiger partial charge < -0.3 is 10.1 Å². The number of rotatable bonds is 4. The maximum atomic E-state index is 11.4. The molecule has 0 radical (unpaired) electrons. The number of aromatic nitrogens is 3. The molecule has 0 fully saturated rings. The van der Waals surface area contributed by atoms with Crippen LogP contribution in [0.2, 0.25) is 0 Å². The first-order valence-corrected chi connectivity index (χ1v) is 4.54. The van der Waals surface area contributed by atoms with E-state index in [1.54, 1.807) is 14.2 Å². The third kappa shape index (κ3) is 3.55. The number of anilines is 1. The van der Waals surface area contributed by atoms with Crippen molar-refractivity contribution in [2.45, 2.75) is 13.0 Å². The molecule has 7 heteroatoms. The molecule has 0 saturated carbocycles. The lowest BCUT2D eigenvalue weighted by Crippen LogP contribution is -2.39. The lowest BCUT2D eigenvalue weighted by atomic mass is 10.4. The molecule has 0 aliphatic carbocycles. The van der Waals surface area contributed by atoms with Crippen molar-refractivity contribution in [2.24, 2.45) is 7.05 Å². The number of urea groups is 1. The zero-order chi connectivity index (χ0) is 11.3. The summed E-state index contributed by atoms with van der Waals surface area (Å²) in [6.07, 6.45) is 1.37. The van der Waals surface area contributed by atoms with Crippen molar-refractivity contribution in [1.82, 2.24) is 20.1 Å². The number of nitrogens with one attached hydrogen (secondary N) is 2. The summed E-state index contributed by atoms with van der Waals surface area (Å²) in [6.45, 7) is 2.31. The molecule has 7 nitrogen and oxygen atoms in total. The first kappa shape index (κ1) is 11.4. The van der Waals surface area contributed by atoms with E-state index in [9.17, 15) is 4.79 Å². The molecule has 2 N–H and O–H groups in total. The molecule has 1 heterocycles. The molecule has 0 bridgehead atoms. The van der Waals surface area contributed by atoms with Crippen LogP contribution < -0.4 is 10.6 Å². The fourth-order valence-corrected chi connectivity index (χ4v) is 1.06. The fourth-order valence-electron chi connectivity index (χ4n) is 1.06. The highest BCUT2D eigenvalue weighted by Gasteiger charge is 2.09. The van der Waals surface area contributed by atoms with Gasteiger partial charge in [-0.1, -0.05) is 0 Å². The highest BCUT2D eigenvalue weighted by atomic mass is 16.5. The molecule has 1 rings (SSSR count). The molecule has 84 valence electrons. The van der Waals surface area contributed by atoms with Crippen LogP contribution in [0, 0.1) is 0 Å². The van der Waals surface area contributed by atoms with Gasteiger partial charge in [0.2, 0.25) is 5.95 Å². The van der Waals surface area contributed by atoms with Gasteiger partial charge in [0.05, 0.1) is 12.6 Å². The number of aryl methyl sites for hydroxylation is 1. The molecule has 1 unspecified atom stereocenters. The molecule has 0 spiro atoms. The van der Waals surface area contributed by atoms with Crippen molar-refractivity contribution in [3.05, 3.63) is 6.33 Å². The van der Waals surface area contributed by atoms with Crippen LogP contribution in [0.3, 0.4) is 0 Å². The van der Waals surface area contributed by atoms with Crippen LogP contribution in [0.25, 0.3) is 0 Å². The standard InChI is InChI=1S/C8H15N5O2/c1-6(4-15-3)11-8(14)12-7-9-5-10-13(7)2/h5-6H,4H2,1-3H3,(H2,9,10,11,12,14). The number of hydrogen-bond acceptors (Lipinski definition) is 4. The number of hydrogen-bond donors (Lipinski definition) is 2. The second-order valence-electron chi connectivity index (χ2n) is 3.16. The first-order chi connectivity index (χ1) is 7.13. The van der Waals surface area contributed by atoms with Gasteiger partial charge in [0.15, 0.2) is 0 Å². The van der Waals surface area contributed by atoms with Gasteiger partial charge in [0.25, 0.3) is 0 Å². The zero-order valence-corrected chi connectivity index (χ0v) is 9.02. The van der Waals surface area contributed by atoms with Gasteiger partial charge in [-0.3, -0.25) is 5.32 Å². The Hall–Kier alpha value is -1.63. The van der Waals surface area contributed by atoms with Crippen molar-refractivity contribution in [3.8, 4) is 0 Å². The van der Waals surface area contributed by atoms with Gasteiger partial charge >= 0.3 is 6.03 Å². The first-order valence-electron chi connectivity index (χ1n) is 4.54. The second-order valence-corrected chi connectivity index (χ2v) is 3.16. The van der Waals surface area contributed by atoms with Crippen LogP contribution in [-0.2, 0) is 11.8 Å². The summed E-state index contributed by atoms with van der Waals surface area (Å²) < 4.78 is 6.36. The van der Waals surface area contributed by atoms with Crippen LogP contribution in [-0.4, -0.2) is 40.6 Å².